The number of para-hydroxylation sites is 2. The van der Waals surface area contributed by atoms with E-state index in [4.69, 9.17) is 14.2 Å². The molecular weight excluding hydrogens is 364 g/mol. The molecule has 0 fully saturated rings. The summed E-state index contributed by atoms with van der Waals surface area (Å²) < 4.78 is 15.7. The lowest BCUT2D eigenvalue weighted by Crippen LogP contribution is -2.33. The number of nitrogens with one attached hydrogen (secondary N) is 2. The van der Waals surface area contributed by atoms with Gasteiger partial charge in [-0.2, -0.15) is 0 Å². The average molecular weight is 394 g/mol. The SMILES string of the molecule is CCOc1ccccc1NC(=O)[C@H](C)OC(=O)CCCNC(=O)OC(C)(C)C. The monoisotopic (exact) mass is 394 g/mol. The van der Waals surface area contributed by atoms with Gasteiger partial charge in [-0.05, 0) is 53.2 Å². The predicted molar refractivity (Wildman–Crippen MR) is 105 cm³/mol. The molecule has 0 spiro atoms. The summed E-state index contributed by atoms with van der Waals surface area (Å²) in [6.07, 6.45) is -1.05. The Bertz CT molecular complexity index is 669. The number of carbonyl (C=O) groups excluding carboxylic acids is 3. The average Bonchev–Trinajstić information content (AvgIpc) is 2.59. The quantitative estimate of drug-likeness (QED) is 0.492. The maximum atomic E-state index is 12.2. The molecule has 1 atom stereocenters. The Kier molecular flexibility index (Phi) is 9.27. The molecule has 1 aromatic rings. The van der Waals surface area contributed by atoms with Crippen molar-refractivity contribution in [2.75, 3.05) is 18.5 Å². The van der Waals surface area contributed by atoms with Gasteiger partial charge in [0.25, 0.3) is 5.91 Å². The Hall–Kier alpha value is -2.77. The first kappa shape index (κ1) is 23.3. The maximum absolute atomic E-state index is 12.2. The van der Waals surface area contributed by atoms with E-state index in [0.29, 0.717) is 24.5 Å². The van der Waals surface area contributed by atoms with Gasteiger partial charge < -0.3 is 24.8 Å². The van der Waals surface area contributed by atoms with Crippen LogP contribution in [0, 0.1) is 0 Å². The summed E-state index contributed by atoms with van der Waals surface area (Å²) in [6.45, 7) is 9.38. The van der Waals surface area contributed by atoms with E-state index in [0.717, 1.165) is 0 Å². The van der Waals surface area contributed by atoms with Gasteiger partial charge in [-0.1, -0.05) is 12.1 Å². The van der Waals surface area contributed by atoms with Crippen molar-refractivity contribution >= 4 is 23.7 Å². The molecule has 0 bridgehead atoms. The summed E-state index contributed by atoms with van der Waals surface area (Å²) in [5, 5.41) is 5.25. The number of anilines is 1. The van der Waals surface area contributed by atoms with Crippen molar-refractivity contribution in [1.29, 1.82) is 0 Å². The second-order valence-corrected chi connectivity index (χ2v) is 7.08. The minimum Gasteiger partial charge on any atom is -0.492 e. The molecular formula is C20H30N2O6. The van der Waals surface area contributed by atoms with Crippen LogP contribution < -0.4 is 15.4 Å². The summed E-state index contributed by atoms with van der Waals surface area (Å²) in [5.74, 6) is -0.427. The Morgan fingerprint density at radius 3 is 2.46 bits per heavy atom. The van der Waals surface area contributed by atoms with Crippen LogP contribution in [0.2, 0.25) is 0 Å². The third kappa shape index (κ3) is 9.25. The van der Waals surface area contributed by atoms with Gasteiger partial charge in [0.15, 0.2) is 6.10 Å². The summed E-state index contributed by atoms with van der Waals surface area (Å²) in [5.41, 5.74) is -0.0640. The van der Waals surface area contributed by atoms with E-state index in [-0.39, 0.29) is 13.0 Å². The highest BCUT2D eigenvalue weighted by atomic mass is 16.6. The zero-order valence-corrected chi connectivity index (χ0v) is 17.2. The van der Waals surface area contributed by atoms with Crippen molar-refractivity contribution in [3.8, 4) is 5.75 Å². The van der Waals surface area contributed by atoms with Gasteiger partial charge in [0.2, 0.25) is 0 Å². The molecule has 2 N–H and O–H groups in total. The number of hydrogen-bond acceptors (Lipinski definition) is 6. The number of amides is 2. The maximum Gasteiger partial charge on any atom is 0.407 e. The van der Waals surface area contributed by atoms with Gasteiger partial charge in [-0.25, -0.2) is 4.79 Å². The van der Waals surface area contributed by atoms with Gasteiger partial charge in [0.05, 0.1) is 12.3 Å². The van der Waals surface area contributed by atoms with Crippen LogP contribution in [0.3, 0.4) is 0 Å². The zero-order chi connectivity index (χ0) is 21.2. The first-order valence-corrected chi connectivity index (χ1v) is 9.31. The van der Waals surface area contributed by atoms with Gasteiger partial charge in [-0.3, -0.25) is 9.59 Å². The van der Waals surface area contributed by atoms with E-state index in [9.17, 15) is 14.4 Å². The first-order chi connectivity index (χ1) is 13.1. The highest BCUT2D eigenvalue weighted by Gasteiger charge is 2.19. The molecule has 0 radical (unpaired) electrons. The highest BCUT2D eigenvalue weighted by molar-refractivity contribution is 5.96. The molecule has 0 aliphatic carbocycles. The topological polar surface area (TPSA) is 103 Å². The van der Waals surface area contributed by atoms with E-state index in [2.05, 4.69) is 10.6 Å². The number of alkyl carbamates (subject to hydrolysis) is 1. The highest BCUT2D eigenvalue weighted by Crippen LogP contribution is 2.23. The predicted octanol–water partition coefficient (Wildman–Crippen LogP) is 3.26. The Labute approximate surface area is 165 Å². The summed E-state index contributed by atoms with van der Waals surface area (Å²) >= 11 is 0. The Morgan fingerprint density at radius 1 is 1.14 bits per heavy atom. The van der Waals surface area contributed by atoms with Crippen LogP contribution in [0.25, 0.3) is 0 Å². The van der Waals surface area contributed by atoms with E-state index < -0.39 is 29.7 Å². The van der Waals surface area contributed by atoms with Crippen LogP contribution in [0.4, 0.5) is 10.5 Å². The van der Waals surface area contributed by atoms with E-state index in [1.54, 1.807) is 45.0 Å². The second kappa shape index (κ2) is 11.2. The molecule has 0 unspecified atom stereocenters. The van der Waals surface area contributed by atoms with Gasteiger partial charge in [0, 0.05) is 13.0 Å². The lowest BCUT2D eigenvalue weighted by Gasteiger charge is -2.19. The number of benzene rings is 1. The Balaban J connectivity index is 2.36. The Morgan fingerprint density at radius 2 is 1.82 bits per heavy atom. The van der Waals surface area contributed by atoms with E-state index >= 15 is 0 Å². The normalized spacial score (nSPS) is 11.9. The van der Waals surface area contributed by atoms with Crippen LogP contribution in [0.5, 0.6) is 5.75 Å². The molecule has 0 aliphatic rings. The number of carbonyl (C=O) groups is 3. The van der Waals surface area contributed by atoms with E-state index in [1.165, 1.54) is 6.92 Å². The van der Waals surface area contributed by atoms with Crippen molar-refractivity contribution in [2.24, 2.45) is 0 Å². The van der Waals surface area contributed by atoms with Crippen LogP contribution in [-0.4, -0.2) is 42.8 Å². The molecule has 0 aliphatic heterocycles. The third-order valence-corrected chi connectivity index (χ3v) is 3.35. The molecule has 156 valence electrons. The smallest absolute Gasteiger partial charge is 0.407 e. The van der Waals surface area contributed by atoms with Gasteiger partial charge in [0.1, 0.15) is 11.4 Å². The first-order valence-electron chi connectivity index (χ1n) is 9.31. The molecule has 1 aromatic carbocycles. The molecule has 2 amide bonds. The lowest BCUT2D eigenvalue weighted by atomic mass is 10.2. The summed E-state index contributed by atoms with van der Waals surface area (Å²) in [6, 6.07) is 7.02. The fourth-order valence-corrected chi connectivity index (χ4v) is 2.13. The van der Waals surface area contributed by atoms with Crippen LogP contribution in [0.1, 0.15) is 47.5 Å². The zero-order valence-electron chi connectivity index (χ0n) is 17.2. The largest absolute Gasteiger partial charge is 0.492 e. The molecule has 28 heavy (non-hydrogen) atoms. The number of esters is 1. The lowest BCUT2D eigenvalue weighted by molar-refractivity contribution is -0.153. The number of hydrogen-bond donors (Lipinski definition) is 2. The summed E-state index contributed by atoms with van der Waals surface area (Å²) in [4.78, 5) is 35.6. The molecule has 0 heterocycles. The molecule has 0 saturated carbocycles. The van der Waals surface area contributed by atoms with E-state index in [1.807, 2.05) is 6.92 Å². The minimum atomic E-state index is -0.957. The fourth-order valence-electron chi connectivity index (χ4n) is 2.13. The molecule has 1 rings (SSSR count). The minimum absolute atomic E-state index is 0.0724. The van der Waals surface area contributed by atoms with Crippen LogP contribution >= 0.6 is 0 Å². The molecule has 0 aromatic heterocycles. The van der Waals surface area contributed by atoms with Gasteiger partial charge >= 0.3 is 12.1 Å². The second-order valence-electron chi connectivity index (χ2n) is 7.08. The van der Waals surface area contributed by atoms with Crippen molar-refractivity contribution in [2.45, 2.75) is 59.2 Å². The molecule has 0 saturated heterocycles. The van der Waals surface area contributed by atoms with Crippen LogP contribution in [0.15, 0.2) is 24.3 Å². The fraction of sp³-hybridized carbons (Fsp3) is 0.550. The molecule has 8 heteroatoms. The van der Waals surface area contributed by atoms with Crippen molar-refractivity contribution < 1.29 is 28.6 Å². The van der Waals surface area contributed by atoms with Crippen molar-refractivity contribution in [3.05, 3.63) is 24.3 Å². The third-order valence-electron chi connectivity index (χ3n) is 3.35. The number of ether oxygens (including phenoxy) is 3. The van der Waals surface area contributed by atoms with Crippen LogP contribution in [-0.2, 0) is 19.1 Å². The van der Waals surface area contributed by atoms with Crippen molar-refractivity contribution in [1.82, 2.24) is 5.32 Å². The van der Waals surface area contributed by atoms with Crippen molar-refractivity contribution in [3.63, 3.8) is 0 Å². The number of rotatable bonds is 9. The molecule has 8 nitrogen and oxygen atoms in total. The standard InChI is InChI=1S/C20H30N2O6/c1-6-26-16-11-8-7-10-15(16)22-18(24)14(2)27-17(23)12-9-13-21-19(25)28-20(3,4)5/h7-8,10-11,14H,6,9,12-13H2,1-5H3,(H,21,25)(H,22,24)/t14-/m0/s1. The summed E-state index contributed by atoms with van der Waals surface area (Å²) in [7, 11) is 0. The van der Waals surface area contributed by atoms with Gasteiger partial charge in [-0.15, -0.1) is 0 Å².